The predicted octanol–water partition coefficient (Wildman–Crippen LogP) is 2.58. The first-order valence-electron chi connectivity index (χ1n) is 5.18. The van der Waals surface area contributed by atoms with E-state index in [0.717, 1.165) is 16.7 Å². The molecule has 2 heterocycles. The third-order valence-electron chi connectivity index (χ3n) is 2.73. The first kappa shape index (κ1) is 12.3. The van der Waals surface area contributed by atoms with Crippen LogP contribution in [0.1, 0.15) is 19.0 Å². The van der Waals surface area contributed by atoms with Crippen LogP contribution < -0.4 is 4.90 Å². The minimum absolute atomic E-state index is 0.137. The Morgan fingerprint density at radius 3 is 2.76 bits per heavy atom. The zero-order valence-electron chi connectivity index (χ0n) is 9.12. The Balaban J connectivity index is 2.13. The van der Waals surface area contributed by atoms with Gasteiger partial charge in [0.2, 0.25) is 0 Å². The molecule has 2 rings (SSSR count). The van der Waals surface area contributed by atoms with Gasteiger partial charge in [-0.25, -0.2) is 4.98 Å². The summed E-state index contributed by atoms with van der Waals surface area (Å²) in [7, 11) is 0. The molecule has 1 fully saturated rings. The predicted molar refractivity (Wildman–Crippen MR) is 58.1 cm³/mol. The molecule has 1 aromatic heterocycles. The molecule has 1 aliphatic rings. The van der Waals surface area contributed by atoms with Crippen molar-refractivity contribution in [2.24, 2.45) is 5.92 Å². The van der Waals surface area contributed by atoms with Crippen LogP contribution in [0, 0.1) is 5.92 Å². The highest BCUT2D eigenvalue weighted by molar-refractivity contribution is 7.13. The van der Waals surface area contributed by atoms with Crippen molar-refractivity contribution in [3.8, 4) is 0 Å². The Kier molecular flexibility index (Phi) is 3.11. The molecule has 94 valence electrons. The maximum absolute atomic E-state index is 12.4. The van der Waals surface area contributed by atoms with Crippen molar-refractivity contribution < 1.29 is 18.0 Å². The van der Waals surface area contributed by atoms with Gasteiger partial charge in [-0.3, -0.25) is 4.79 Å². The second kappa shape index (κ2) is 4.29. The van der Waals surface area contributed by atoms with E-state index >= 15 is 0 Å². The minimum Gasteiger partial charge on any atom is -0.347 e. The smallest absolute Gasteiger partial charge is 0.347 e. The number of alkyl halides is 3. The SMILES string of the molecule is CC1CN(c2nc(C(F)(F)F)cs2)CCC1=O. The lowest BCUT2D eigenvalue weighted by molar-refractivity contribution is -0.140. The third-order valence-corrected chi connectivity index (χ3v) is 3.63. The fraction of sp³-hybridized carbons (Fsp3) is 0.600. The second-order valence-corrected chi connectivity index (χ2v) is 4.91. The number of nitrogens with zero attached hydrogens (tertiary/aromatic N) is 2. The molecule has 0 amide bonds. The van der Waals surface area contributed by atoms with Crippen LogP contribution in [0.3, 0.4) is 0 Å². The summed E-state index contributed by atoms with van der Waals surface area (Å²) in [6.45, 7) is 2.68. The Morgan fingerprint density at radius 2 is 2.24 bits per heavy atom. The van der Waals surface area contributed by atoms with Gasteiger partial charge in [0.1, 0.15) is 5.78 Å². The molecule has 7 heteroatoms. The number of ketones is 1. The summed E-state index contributed by atoms with van der Waals surface area (Å²) in [5, 5.41) is 1.35. The molecule has 17 heavy (non-hydrogen) atoms. The van der Waals surface area contributed by atoms with Crippen LogP contribution in [-0.4, -0.2) is 23.9 Å². The number of rotatable bonds is 1. The van der Waals surface area contributed by atoms with Crippen LogP contribution >= 0.6 is 11.3 Å². The second-order valence-electron chi connectivity index (χ2n) is 4.08. The van der Waals surface area contributed by atoms with Gasteiger partial charge in [0.15, 0.2) is 10.8 Å². The van der Waals surface area contributed by atoms with Gasteiger partial charge >= 0.3 is 6.18 Å². The Bertz CT molecular complexity index is 429. The van der Waals surface area contributed by atoms with Gasteiger partial charge in [0.25, 0.3) is 0 Å². The van der Waals surface area contributed by atoms with E-state index < -0.39 is 11.9 Å². The van der Waals surface area contributed by atoms with E-state index in [1.165, 1.54) is 0 Å². The van der Waals surface area contributed by atoms with E-state index in [4.69, 9.17) is 0 Å². The summed E-state index contributed by atoms with van der Waals surface area (Å²) in [6.07, 6.45) is -4.02. The first-order chi connectivity index (χ1) is 7.88. The molecule has 1 aromatic rings. The summed E-state index contributed by atoms with van der Waals surface area (Å²) in [4.78, 5) is 16.6. The van der Waals surface area contributed by atoms with Crippen molar-refractivity contribution in [2.45, 2.75) is 19.5 Å². The molecule has 1 unspecified atom stereocenters. The van der Waals surface area contributed by atoms with Crippen molar-refractivity contribution in [1.82, 2.24) is 4.98 Å². The van der Waals surface area contributed by atoms with Crippen LogP contribution in [0.15, 0.2) is 5.38 Å². The zero-order chi connectivity index (χ0) is 12.6. The van der Waals surface area contributed by atoms with Crippen molar-refractivity contribution >= 4 is 22.3 Å². The molecule has 0 spiro atoms. The first-order valence-corrected chi connectivity index (χ1v) is 6.06. The summed E-state index contributed by atoms with van der Waals surface area (Å²) in [5.41, 5.74) is -0.859. The third kappa shape index (κ3) is 2.59. The van der Waals surface area contributed by atoms with Gasteiger partial charge in [-0.05, 0) is 0 Å². The normalized spacial score (nSPS) is 22.0. The Morgan fingerprint density at radius 1 is 1.53 bits per heavy atom. The molecule has 1 aliphatic heterocycles. The Hall–Kier alpha value is -1.11. The number of halogens is 3. The average Bonchev–Trinajstić information content (AvgIpc) is 2.70. The molecule has 0 saturated carbocycles. The molecule has 0 aliphatic carbocycles. The number of hydrogen-bond donors (Lipinski definition) is 0. The van der Waals surface area contributed by atoms with E-state index in [2.05, 4.69) is 4.98 Å². The summed E-state index contributed by atoms with van der Waals surface area (Å²) in [6, 6.07) is 0. The molecule has 3 nitrogen and oxygen atoms in total. The maximum atomic E-state index is 12.4. The highest BCUT2D eigenvalue weighted by atomic mass is 32.1. The van der Waals surface area contributed by atoms with Gasteiger partial charge in [-0.15, -0.1) is 11.3 Å². The fourth-order valence-corrected chi connectivity index (χ4v) is 2.60. The highest BCUT2D eigenvalue weighted by Gasteiger charge is 2.35. The number of piperidine rings is 1. The standard InChI is InChI=1S/C10H11F3N2OS/c1-6-4-15(3-2-7(6)16)9-14-8(5-17-9)10(11,12)13/h5-6H,2-4H2,1H3. The highest BCUT2D eigenvalue weighted by Crippen LogP contribution is 2.33. The number of thiazole rings is 1. The summed E-state index contributed by atoms with van der Waals surface area (Å²) >= 11 is 0.970. The van der Waals surface area contributed by atoms with Crippen molar-refractivity contribution in [3.63, 3.8) is 0 Å². The van der Waals surface area contributed by atoms with E-state index in [1.807, 2.05) is 0 Å². The lowest BCUT2D eigenvalue weighted by Crippen LogP contribution is -2.39. The lowest BCUT2D eigenvalue weighted by atomic mass is 9.99. The van der Waals surface area contributed by atoms with Crippen molar-refractivity contribution in [1.29, 1.82) is 0 Å². The molecule has 0 aromatic carbocycles. The van der Waals surface area contributed by atoms with Gasteiger partial charge < -0.3 is 4.90 Å². The van der Waals surface area contributed by atoms with Gasteiger partial charge in [0.05, 0.1) is 0 Å². The van der Waals surface area contributed by atoms with Crippen LogP contribution in [0.25, 0.3) is 0 Å². The number of carbonyl (C=O) groups is 1. The maximum Gasteiger partial charge on any atom is 0.434 e. The number of carbonyl (C=O) groups excluding carboxylic acids is 1. The monoisotopic (exact) mass is 264 g/mol. The van der Waals surface area contributed by atoms with E-state index in [0.29, 0.717) is 24.6 Å². The molecule has 1 atom stereocenters. The number of aromatic nitrogens is 1. The largest absolute Gasteiger partial charge is 0.434 e. The quantitative estimate of drug-likeness (QED) is 0.781. The van der Waals surface area contributed by atoms with Gasteiger partial charge in [-0.1, -0.05) is 6.92 Å². The molecule has 0 bridgehead atoms. The van der Waals surface area contributed by atoms with E-state index in [-0.39, 0.29) is 11.7 Å². The minimum atomic E-state index is -4.40. The molecule has 1 saturated heterocycles. The summed E-state index contributed by atoms with van der Waals surface area (Å²) < 4.78 is 37.1. The molecule has 0 N–H and O–H groups in total. The molecular formula is C10H11F3N2OS. The lowest BCUT2D eigenvalue weighted by Gasteiger charge is -2.29. The van der Waals surface area contributed by atoms with Crippen LogP contribution in [0.2, 0.25) is 0 Å². The Labute approximate surface area is 100 Å². The van der Waals surface area contributed by atoms with Gasteiger partial charge in [0, 0.05) is 30.8 Å². The summed E-state index contributed by atoms with van der Waals surface area (Å²) in [5.74, 6) is 0.0239. The van der Waals surface area contributed by atoms with Crippen LogP contribution in [0.4, 0.5) is 18.3 Å². The van der Waals surface area contributed by atoms with E-state index in [9.17, 15) is 18.0 Å². The average molecular weight is 264 g/mol. The number of Topliss-reactive ketones (excluding diaryl/α,β-unsaturated/α-hetero) is 1. The van der Waals surface area contributed by atoms with E-state index in [1.54, 1.807) is 11.8 Å². The molecular weight excluding hydrogens is 253 g/mol. The van der Waals surface area contributed by atoms with Gasteiger partial charge in [-0.2, -0.15) is 13.2 Å². The van der Waals surface area contributed by atoms with Crippen molar-refractivity contribution in [2.75, 3.05) is 18.0 Å². The van der Waals surface area contributed by atoms with Crippen molar-refractivity contribution in [3.05, 3.63) is 11.1 Å². The fourth-order valence-electron chi connectivity index (χ4n) is 1.73. The van der Waals surface area contributed by atoms with Crippen LogP contribution in [-0.2, 0) is 11.0 Å². The zero-order valence-corrected chi connectivity index (χ0v) is 9.94. The topological polar surface area (TPSA) is 33.2 Å². The number of anilines is 1. The van der Waals surface area contributed by atoms with Crippen LogP contribution in [0.5, 0.6) is 0 Å². The number of hydrogen-bond acceptors (Lipinski definition) is 4. The molecule has 0 radical (unpaired) electrons.